The summed E-state index contributed by atoms with van der Waals surface area (Å²) >= 11 is 0. The van der Waals surface area contributed by atoms with Crippen LogP contribution in [0.3, 0.4) is 0 Å². The van der Waals surface area contributed by atoms with Crippen molar-refractivity contribution in [3.8, 4) is 5.69 Å². The molecule has 0 unspecified atom stereocenters. The Morgan fingerprint density at radius 3 is 2.35 bits per heavy atom. The summed E-state index contributed by atoms with van der Waals surface area (Å²) < 4.78 is 7.15. The van der Waals surface area contributed by atoms with Gasteiger partial charge in [0.05, 0.1) is 11.4 Å². The molecule has 0 aliphatic heterocycles. The number of benzene rings is 2. The zero-order chi connectivity index (χ0) is 18.8. The van der Waals surface area contributed by atoms with E-state index in [-0.39, 0.29) is 12.3 Å². The molecule has 1 aromatic heterocycles. The fraction of sp³-hybridized carbons (Fsp3) is 0.286. The fourth-order valence-corrected chi connectivity index (χ4v) is 3.00. The molecule has 0 saturated heterocycles. The molecule has 3 rings (SSSR count). The lowest BCUT2D eigenvalue weighted by Gasteiger charge is -2.08. The Kier molecular flexibility index (Phi) is 4.89. The van der Waals surface area contributed by atoms with Crippen molar-refractivity contribution in [1.82, 2.24) is 15.0 Å². The van der Waals surface area contributed by atoms with E-state index < -0.39 is 5.97 Å². The third-order valence-electron chi connectivity index (χ3n) is 4.40. The van der Waals surface area contributed by atoms with Crippen LogP contribution in [0, 0.1) is 34.6 Å². The summed E-state index contributed by atoms with van der Waals surface area (Å²) in [7, 11) is 0. The minimum absolute atomic E-state index is 0.224. The minimum Gasteiger partial charge on any atom is -0.456 e. The molecule has 0 aliphatic carbocycles. The first-order valence-corrected chi connectivity index (χ1v) is 8.59. The number of carbonyl (C=O) groups excluding carboxylic acids is 1. The van der Waals surface area contributed by atoms with Gasteiger partial charge in [-0.1, -0.05) is 35.0 Å². The molecule has 134 valence electrons. The minimum atomic E-state index is -0.459. The fourth-order valence-electron chi connectivity index (χ4n) is 3.00. The summed E-state index contributed by atoms with van der Waals surface area (Å²) in [5.74, 6) is -0.459. The van der Waals surface area contributed by atoms with E-state index in [9.17, 15) is 4.79 Å². The van der Waals surface area contributed by atoms with Gasteiger partial charge in [0.2, 0.25) is 0 Å². The standard InChI is InChI=1S/C21H23N3O2/c1-13-6-7-16(4)18(9-13)12-26-21(25)20-17(5)24(23-22-20)19-10-14(2)8-15(3)11-19/h6-11H,12H2,1-5H3. The largest absolute Gasteiger partial charge is 0.456 e. The summed E-state index contributed by atoms with van der Waals surface area (Å²) in [5, 5.41) is 8.18. The van der Waals surface area contributed by atoms with E-state index >= 15 is 0 Å². The van der Waals surface area contributed by atoms with Crippen LogP contribution in [0.5, 0.6) is 0 Å². The van der Waals surface area contributed by atoms with Crippen LogP contribution in [0.1, 0.15) is 44.0 Å². The molecular formula is C21H23N3O2. The number of hydrogen-bond acceptors (Lipinski definition) is 4. The molecule has 3 aromatic rings. The first-order chi connectivity index (χ1) is 12.3. The molecule has 0 atom stereocenters. The first kappa shape index (κ1) is 17.9. The SMILES string of the molecule is Cc1cc(C)cc(-n2nnc(C(=O)OCc3cc(C)ccc3C)c2C)c1. The van der Waals surface area contributed by atoms with Crippen LogP contribution in [0.2, 0.25) is 0 Å². The molecule has 0 N–H and O–H groups in total. The van der Waals surface area contributed by atoms with Crippen molar-refractivity contribution in [3.05, 3.63) is 75.6 Å². The Labute approximate surface area is 153 Å². The van der Waals surface area contributed by atoms with Crippen LogP contribution in [0.25, 0.3) is 5.69 Å². The quantitative estimate of drug-likeness (QED) is 0.664. The number of ether oxygens (including phenoxy) is 1. The van der Waals surface area contributed by atoms with Crippen molar-refractivity contribution in [2.75, 3.05) is 0 Å². The maximum atomic E-state index is 12.5. The molecule has 0 saturated carbocycles. The maximum Gasteiger partial charge on any atom is 0.361 e. The molecule has 2 aromatic carbocycles. The van der Waals surface area contributed by atoms with E-state index in [1.54, 1.807) is 4.68 Å². The van der Waals surface area contributed by atoms with Crippen LogP contribution in [-0.2, 0) is 11.3 Å². The molecule has 5 nitrogen and oxygen atoms in total. The Hall–Kier alpha value is -2.95. The molecule has 0 spiro atoms. The third kappa shape index (κ3) is 3.67. The number of hydrogen-bond donors (Lipinski definition) is 0. The Balaban J connectivity index is 1.81. The predicted octanol–water partition coefficient (Wildman–Crippen LogP) is 4.17. The Bertz CT molecular complexity index is 953. The van der Waals surface area contributed by atoms with Crippen molar-refractivity contribution in [2.45, 2.75) is 41.2 Å². The summed E-state index contributed by atoms with van der Waals surface area (Å²) in [6.07, 6.45) is 0. The van der Waals surface area contributed by atoms with Gasteiger partial charge >= 0.3 is 5.97 Å². The van der Waals surface area contributed by atoms with Gasteiger partial charge in [0.25, 0.3) is 0 Å². The highest BCUT2D eigenvalue weighted by Crippen LogP contribution is 2.18. The van der Waals surface area contributed by atoms with Gasteiger partial charge in [0, 0.05) is 0 Å². The molecular weight excluding hydrogens is 326 g/mol. The summed E-state index contributed by atoms with van der Waals surface area (Å²) in [6, 6.07) is 12.2. The highest BCUT2D eigenvalue weighted by atomic mass is 16.5. The van der Waals surface area contributed by atoms with Crippen LogP contribution in [0.15, 0.2) is 36.4 Å². The molecule has 26 heavy (non-hydrogen) atoms. The van der Waals surface area contributed by atoms with Gasteiger partial charge in [-0.25, -0.2) is 9.48 Å². The molecule has 0 bridgehead atoms. The predicted molar refractivity (Wildman–Crippen MR) is 101 cm³/mol. The van der Waals surface area contributed by atoms with Gasteiger partial charge < -0.3 is 4.74 Å². The maximum absolute atomic E-state index is 12.5. The van der Waals surface area contributed by atoms with Crippen molar-refractivity contribution in [3.63, 3.8) is 0 Å². The number of aryl methyl sites for hydroxylation is 4. The van der Waals surface area contributed by atoms with Gasteiger partial charge in [0.15, 0.2) is 5.69 Å². The summed E-state index contributed by atoms with van der Waals surface area (Å²) in [6.45, 7) is 10.1. The topological polar surface area (TPSA) is 57.0 Å². The summed E-state index contributed by atoms with van der Waals surface area (Å²) in [4.78, 5) is 12.5. The van der Waals surface area contributed by atoms with Crippen molar-refractivity contribution in [1.29, 1.82) is 0 Å². The molecule has 0 amide bonds. The lowest BCUT2D eigenvalue weighted by Crippen LogP contribution is -2.09. The Morgan fingerprint density at radius 1 is 0.962 bits per heavy atom. The Morgan fingerprint density at radius 2 is 1.65 bits per heavy atom. The normalized spacial score (nSPS) is 10.8. The van der Waals surface area contributed by atoms with Crippen LogP contribution in [0.4, 0.5) is 0 Å². The highest BCUT2D eigenvalue weighted by molar-refractivity contribution is 5.88. The lowest BCUT2D eigenvalue weighted by molar-refractivity contribution is 0.0464. The number of nitrogens with zero attached hydrogens (tertiary/aromatic N) is 3. The monoisotopic (exact) mass is 349 g/mol. The van der Waals surface area contributed by atoms with Crippen molar-refractivity contribution >= 4 is 5.97 Å². The average Bonchev–Trinajstić information content (AvgIpc) is 2.96. The van der Waals surface area contributed by atoms with E-state index in [0.717, 1.165) is 33.5 Å². The van der Waals surface area contributed by atoms with Gasteiger partial charge in [0.1, 0.15) is 6.61 Å². The van der Waals surface area contributed by atoms with E-state index in [2.05, 4.69) is 16.4 Å². The third-order valence-corrected chi connectivity index (χ3v) is 4.40. The smallest absolute Gasteiger partial charge is 0.361 e. The molecule has 0 radical (unpaired) electrons. The zero-order valence-electron chi connectivity index (χ0n) is 15.8. The van der Waals surface area contributed by atoms with Crippen LogP contribution >= 0.6 is 0 Å². The van der Waals surface area contributed by atoms with Crippen LogP contribution < -0.4 is 0 Å². The molecule has 0 aliphatic rings. The second-order valence-corrected chi connectivity index (χ2v) is 6.79. The van der Waals surface area contributed by atoms with E-state index in [0.29, 0.717) is 5.69 Å². The van der Waals surface area contributed by atoms with Gasteiger partial charge in [-0.3, -0.25) is 0 Å². The van der Waals surface area contributed by atoms with E-state index in [4.69, 9.17) is 4.74 Å². The number of carbonyl (C=O) groups is 1. The number of esters is 1. The molecule has 0 fully saturated rings. The van der Waals surface area contributed by atoms with E-state index in [1.165, 1.54) is 0 Å². The van der Waals surface area contributed by atoms with E-state index in [1.807, 2.05) is 65.0 Å². The van der Waals surface area contributed by atoms with Crippen molar-refractivity contribution < 1.29 is 9.53 Å². The highest BCUT2D eigenvalue weighted by Gasteiger charge is 2.19. The first-order valence-electron chi connectivity index (χ1n) is 8.59. The van der Waals surface area contributed by atoms with Gasteiger partial charge in [-0.05, 0) is 69.0 Å². The second-order valence-electron chi connectivity index (χ2n) is 6.79. The molecule has 1 heterocycles. The van der Waals surface area contributed by atoms with Gasteiger partial charge in [-0.2, -0.15) is 0 Å². The molecule has 5 heteroatoms. The van der Waals surface area contributed by atoms with Crippen LogP contribution in [-0.4, -0.2) is 21.0 Å². The van der Waals surface area contributed by atoms with Crippen molar-refractivity contribution in [2.24, 2.45) is 0 Å². The second kappa shape index (κ2) is 7.12. The number of aromatic nitrogens is 3. The lowest BCUT2D eigenvalue weighted by atomic mass is 10.1. The zero-order valence-corrected chi connectivity index (χ0v) is 15.8. The summed E-state index contributed by atoms with van der Waals surface area (Å²) in [5.41, 5.74) is 7.30. The number of rotatable bonds is 4. The average molecular weight is 349 g/mol. The van der Waals surface area contributed by atoms with Gasteiger partial charge in [-0.15, -0.1) is 5.10 Å².